The molecule has 0 amide bonds. The molecule has 0 aromatic heterocycles. The van der Waals surface area contributed by atoms with Gasteiger partial charge in [0.05, 0.1) is 0 Å². The fraction of sp³-hybridized carbons (Fsp3) is 0.600. The first kappa shape index (κ1) is 14.6. The molecule has 7 heteroatoms. The number of fused-ring (bicyclic) bond motifs is 2. The van der Waals surface area contributed by atoms with E-state index < -0.39 is 10.2 Å². The van der Waals surface area contributed by atoms with E-state index in [9.17, 15) is 8.42 Å². The van der Waals surface area contributed by atoms with Crippen molar-refractivity contribution in [2.45, 2.75) is 30.5 Å². The van der Waals surface area contributed by atoms with Gasteiger partial charge < -0.3 is 10.6 Å². The highest BCUT2D eigenvalue weighted by Crippen LogP contribution is 2.28. The maximum Gasteiger partial charge on any atom is 0.280 e. The Balaban J connectivity index is 1.50. The predicted molar refractivity (Wildman–Crippen MR) is 84.8 cm³/mol. The molecule has 3 aliphatic rings. The number of rotatable bonds is 4. The van der Waals surface area contributed by atoms with Crippen LogP contribution in [0.2, 0.25) is 0 Å². The summed E-state index contributed by atoms with van der Waals surface area (Å²) in [7, 11) is -3.41. The third-order valence-corrected chi connectivity index (χ3v) is 6.72. The van der Waals surface area contributed by atoms with Gasteiger partial charge in [0.15, 0.2) is 0 Å². The normalized spacial score (nSPS) is 35.3. The lowest BCUT2D eigenvalue weighted by molar-refractivity contribution is 0.339. The third kappa shape index (κ3) is 2.57. The number of nitrogens with zero attached hydrogens (tertiary/aromatic N) is 1. The highest BCUT2D eigenvalue weighted by Gasteiger charge is 2.45. The van der Waals surface area contributed by atoms with Crippen LogP contribution in [0, 0.1) is 0 Å². The molecule has 3 fully saturated rings. The van der Waals surface area contributed by atoms with E-state index in [2.05, 4.69) is 27.5 Å². The molecule has 0 spiro atoms. The van der Waals surface area contributed by atoms with Crippen molar-refractivity contribution in [1.82, 2.24) is 19.7 Å². The second-order valence-electron chi connectivity index (χ2n) is 6.47. The number of piperazine rings is 1. The molecule has 22 heavy (non-hydrogen) atoms. The monoisotopic (exact) mass is 322 g/mol. The van der Waals surface area contributed by atoms with Crippen LogP contribution < -0.4 is 15.4 Å². The fourth-order valence-electron chi connectivity index (χ4n) is 3.93. The van der Waals surface area contributed by atoms with Crippen molar-refractivity contribution in [3.63, 3.8) is 0 Å². The summed E-state index contributed by atoms with van der Waals surface area (Å²) in [4.78, 5) is 0. The Morgan fingerprint density at radius 3 is 2.64 bits per heavy atom. The van der Waals surface area contributed by atoms with Gasteiger partial charge in [0.2, 0.25) is 0 Å². The Morgan fingerprint density at radius 2 is 1.95 bits per heavy atom. The van der Waals surface area contributed by atoms with E-state index in [1.165, 1.54) is 5.56 Å². The highest BCUT2D eigenvalue weighted by molar-refractivity contribution is 7.87. The van der Waals surface area contributed by atoms with E-state index in [-0.39, 0.29) is 18.0 Å². The standard InChI is InChI=1S/C15H22N4O2S/c20-22(21,19-10-12-6-13(19)7-17-12)18-15-9-16-8-14(15)11-4-2-1-3-5-11/h1-5,12-18H,6-10H2/t12-,13-,14-,15+/m0/s1. The number of hydrogen-bond acceptors (Lipinski definition) is 4. The zero-order chi connectivity index (χ0) is 15.2. The lowest BCUT2D eigenvalue weighted by Gasteiger charge is -2.29. The van der Waals surface area contributed by atoms with Crippen molar-refractivity contribution < 1.29 is 8.42 Å². The second kappa shape index (κ2) is 5.58. The topological polar surface area (TPSA) is 73.5 Å². The zero-order valence-corrected chi connectivity index (χ0v) is 13.2. The van der Waals surface area contributed by atoms with Crippen LogP contribution in [0.1, 0.15) is 17.9 Å². The van der Waals surface area contributed by atoms with Gasteiger partial charge in [0, 0.05) is 50.2 Å². The largest absolute Gasteiger partial charge is 0.314 e. The summed E-state index contributed by atoms with van der Waals surface area (Å²) in [6, 6.07) is 10.5. The zero-order valence-electron chi connectivity index (χ0n) is 12.4. The first-order chi connectivity index (χ1) is 10.6. The molecule has 4 rings (SSSR count). The molecule has 3 N–H and O–H groups in total. The van der Waals surface area contributed by atoms with Gasteiger partial charge in [-0.2, -0.15) is 17.4 Å². The fourth-order valence-corrected chi connectivity index (χ4v) is 5.62. The third-order valence-electron chi connectivity index (χ3n) is 5.06. The predicted octanol–water partition coefficient (Wildman–Crippen LogP) is -0.377. The average molecular weight is 322 g/mol. The van der Waals surface area contributed by atoms with Crippen molar-refractivity contribution in [3.8, 4) is 0 Å². The minimum atomic E-state index is -3.41. The molecule has 1 aromatic carbocycles. The molecule has 3 saturated heterocycles. The molecule has 0 aliphatic carbocycles. The average Bonchev–Trinajstić information content (AvgIpc) is 3.24. The summed E-state index contributed by atoms with van der Waals surface area (Å²) in [5.74, 6) is 0.189. The van der Waals surface area contributed by atoms with Crippen LogP contribution in [0.4, 0.5) is 0 Å². The molecule has 0 radical (unpaired) electrons. The smallest absolute Gasteiger partial charge is 0.280 e. The quantitative estimate of drug-likeness (QED) is 0.707. The van der Waals surface area contributed by atoms with Crippen molar-refractivity contribution in [2.24, 2.45) is 0 Å². The second-order valence-corrected chi connectivity index (χ2v) is 8.12. The molecule has 6 nitrogen and oxygen atoms in total. The lowest BCUT2D eigenvalue weighted by atomic mass is 9.95. The number of nitrogens with one attached hydrogen (secondary N) is 3. The van der Waals surface area contributed by atoms with Gasteiger partial charge in [-0.25, -0.2) is 0 Å². The first-order valence-corrected chi connectivity index (χ1v) is 9.35. The Hall–Kier alpha value is -0.990. The van der Waals surface area contributed by atoms with E-state index in [4.69, 9.17) is 0 Å². The van der Waals surface area contributed by atoms with Gasteiger partial charge in [0.1, 0.15) is 0 Å². The van der Waals surface area contributed by atoms with Crippen LogP contribution in [0.3, 0.4) is 0 Å². The van der Waals surface area contributed by atoms with Gasteiger partial charge in [-0.15, -0.1) is 0 Å². The highest BCUT2D eigenvalue weighted by atomic mass is 32.2. The number of hydrogen-bond donors (Lipinski definition) is 3. The van der Waals surface area contributed by atoms with Crippen molar-refractivity contribution in [3.05, 3.63) is 35.9 Å². The molecular formula is C15H22N4O2S. The van der Waals surface area contributed by atoms with Crippen LogP contribution in [-0.4, -0.2) is 57.0 Å². The molecule has 1 aromatic rings. The molecule has 120 valence electrons. The summed E-state index contributed by atoms with van der Waals surface area (Å²) in [6.45, 7) is 2.86. The Labute approximate surface area is 131 Å². The molecule has 2 bridgehead atoms. The SMILES string of the molecule is O=S(=O)(N[C@@H]1CNC[C@H]1c1ccccc1)N1C[C@@H]2C[C@H]1CN2. The van der Waals surface area contributed by atoms with E-state index in [1.807, 2.05) is 18.2 Å². The van der Waals surface area contributed by atoms with Crippen LogP contribution in [0.25, 0.3) is 0 Å². The van der Waals surface area contributed by atoms with Crippen LogP contribution in [-0.2, 0) is 10.2 Å². The molecule has 4 atom stereocenters. The minimum Gasteiger partial charge on any atom is -0.314 e. The molecule has 0 unspecified atom stereocenters. The van der Waals surface area contributed by atoms with Crippen LogP contribution in [0.5, 0.6) is 0 Å². The summed E-state index contributed by atoms with van der Waals surface area (Å²) < 4.78 is 30.0. The van der Waals surface area contributed by atoms with E-state index >= 15 is 0 Å². The maximum absolute atomic E-state index is 12.7. The van der Waals surface area contributed by atoms with Gasteiger partial charge in [0.25, 0.3) is 10.2 Å². The summed E-state index contributed by atoms with van der Waals surface area (Å²) in [6.07, 6.45) is 0.936. The van der Waals surface area contributed by atoms with Gasteiger partial charge >= 0.3 is 0 Å². The van der Waals surface area contributed by atoms with E-state index in [1.54, 1.807) is 4.31 Å². The Kier molecular flexibility index (Phi) is 3.70. The van der Waals surface area contributed by atoms with Crippen molar-refractivity contribution in [1.29, 1.82) is 0 Å². The van der Waals surface area contributed by atoms with Crippen molar-refractivity contribution >= 4 is 10.2 Å². The molecule has 3 aliphatic heterocycles. The maximum atomic E-state index is 12.7. The number of benzene rings is 1. The Bertz CT molecular complexity index is 636. The summed E-state index contributed by atoms with van der Waals surface area (Å²) in [5, 5.41) is 6.65. The molecule has 3 heterocycles. The first-order valence-electron chi connectivity index (χ1n) is 7.91. The van der Waals surface area contributed by atoms with Crippen molar-refractivity contribution in [2.75, 3.05) is 26.2 Å². The van der Waals surface area contributed by atoms with E-state index in [0.717, 1.165) is 19.5 Å². The minimum absolute atomic E-state index is 0.0838. The van der Waals surface area contributed by atoms with Gasteiger partial charge in [-0.3, -0.25) is 0 Å². The summed E-state index contributed by atoms with van der Waals surface area (Å²) >= 11 is 0. The van der Waals surface area contributed by atoms with Gasteiger partial charge in [-0.1, -0.05) is 30.3 Å². The summed E-state index contributed by atoms with van der Waals surface area (Å²) in [5.41, 5.74) is 1.19. The van der Waals surface area contributed by atoms with E-state index in [0.29, 0.717) is 19.1 Å². The van der Waals surface area contributed by atoms with Gasteiger partial charge in [-0.05, 0) is 12.0 Å². The molecular weight excluding hydrogens is 300 g/mol. The Morgan fingerprint density at radius 1 is 1.14 bits per heavy atom. The van der Waals surface area contributed by atoms with Crippen LogP contribution >= 0.6 is 0 Å². The lowest BCUT2D eigenvalue weighted by Crippen LogP contribution is -2.53. The molecule has 0 saturated carbocycles. The van der Waals surface area contributed by atoms with Crippen LogP contribution in [0.15, 0.2) is 30.3 Å².